The molecule has 0 heterocycles. The predicted molar refractivity (Wildman–Crippen MR) is 62.8 cm³/mol. The van der Waals surface area contributed by atoms with Crippen LogP contribution in [0.1, 0.15) is 24.5 Å². The molecule has 0 aliphatic rings. The van der Waals surface area contributed by atoms with Gasteiger partial charge < -0.3 is 9.84 Å². The highest BCUT2D eigenvalue weighted by atomic mass is 16.5. The molecule has 0 bridgehead atoms. The minimum absolute atomic E-state index is 0.0261. The molecule has 0 aliphatic carbocycles. The van der Waals surface area contributed by atoms with Crippen molar-refractivity contribution in [2.24, 2.45) is 5.92 Å². The first kappa shape index (κ1) is 12.6. The molecule has 1 rings (SSSR count). The number of aliphatic carboxylic acids is 1. The second kappa shape index (κ2) is 5.54. The molecule has 0 aromatic heterocycles. The molecule has 1 aromatic rings. The summed E-state index contributed by atoms with van der Waals surface area (Å²) in [7, 11) is 0. The molecular weight excluding hydrogens is 204 g/mol. The van der Waals surface area contributed by atoms with Gasteiger partial charge in [-0.05, 0) is 25.5 Å². The Bertz CT molecular complexity index is 371. The van der Waals surface area contributed by atoms with E-state index in [-0.39, 0.29) is 12.3 Å². The summed E-state index contributed by atoms with van der Waals surface area (Å²) in [6.07, 6.45) is 0.144. The molecule has 0 radical (unpaired) electrons. The molecule has 0 saturated carbocycles. The van der Waals surface area contributed by atoms with E-state index in [9.17, 15) is 4.79 Å². The normalized spacial score (nSPS) is 12.2. The number of carbonyl (C=O) groups is 1. The van der Waals surface area contributed by atoms with Crippen molar-refractivity contribution in [1.29, 1.82) is 0 Å². The molecule has 88 valence electrons. The molecule has 1 atom stereocenters. The van der Waals surface area contributed by atoms with E-state index in [1.807, 2.05) is 32.9 Å². The van der Waals surface area contributed by atoms with Crippen LogP contribution in [0.25, 0.3) is 0 Å². The van der Waals surface area contributed by atoms with Gasteiger partial charge in [0.15, 0.2) is 0 Å². The van der Waals surface area contributed by atoms with E-state index in [0.29, 0.717) is 6.61 Å². The van der Waals surface area contributed by atoms with E-state index < -0.39 is 5.97 Å². The largest absolute Gasteiger partial charge is 0.493 e. The lowest BCUT2D eigenvalue weighted by atomic mass is 10.1. The zero-order chi connectivity index (χ0) is 12.1. The maximum Gasteiger partial charge on any atom is 0.303 e. The quantitative estimate of drug-likeness (QED) is 0.833. The number of aryl methyl sites for hydroxylation is 2. The van der Waals surface area contributed by atoms with E-state index in [1.165, 1.54) is 5.56 Å². The Morgan fingerprint density at radius 1 is 1.44 bits per heavy atom. The molecule has 16 heavy (non-hydrogen) atoms. The summed E-state index contributed by atoms with van der Waals surface area (Å²) in [5, 5.41) is 8.62. The van der Waals surface area contributed by atoms with Gasteiger partial charge in [0, 0.05) is 5.92 Å². The van der Waals surface area contributed by atoms with Crippen molar-refractivity contribution in [2.75, 3.05) is 6.61 Å². The summed E-state index contributed by atoms with van der Waals surface area (Å²) >= 11 is 0. The number of carboxylic acids is 1. The second-order valence-corrected chi connectivity index (χ2v) is 4.28. The lowest BCUT2D eigenvalue weighted by Crippen LogP contribution is -2.13. The molecule has 3 nitrogen and oxygen atoms in total. The monoisotopic (exact) mass is 222 g/mol. The smallest absolute Gasteiger partial charge is 0.303 e. The van der Waals surface area contributed by atoms with Crippen LogP contribution in [0, 0.1) is 19.8 Å². The highest BCUT2D eigenvalue weighted by Crippen LogP contribution is 2.19. The van der Waals surface area contributed by atoms with Crippen LogP contribution >= 0.6 is 0 Å². The van der Waals surface area contributed by atoms with Gasteiger partial charge in [-0.3, -0.25) is 4.79 Å². The molecule has 1 N–H and O–H groups in total. The number of hydrogen-bond acceptors (Lipinski definition) is 2. The highest BCUT2D eigenvalue weighted by molar-refractivity contribution is 5.66. The van der Waals surface area contributed by atoms with Gasteiger partial charge in [-0.2, -0.15) is 0 Å². The summed E-state index contributed by atoms with van der Waals surface area (Å²) in [6, 6.07) is 5.97. The van der Waals surface area contributed by atoms with Gasteiger partial charge in [0.2, 0.25) is 0 Å². The zero-order valence-electron chi connectivity index (χ0n) is 9.99. The molecule has 0 saturated heterocycles. The Morgan fingerprint density at radius 3 is 2.69 bits per heavy atom. The Hall–Kier alpha value is -1.51. The maximum absolute atomic E-state index is 10.5. The Labute approximate surface area is 96.1 Å². The van der Waals surface area contributed by atoms with Crippen molar-refractivity contribution in [3.63, 3.8) is 0 Å². The van der Waals surface area contributed by atoms with Crippen molar-refractivity contribution < 1.29 is 14.6 Å². The molecule has 0 aliphatic heterocycles. The van der Waals surface area contributed by atoms with E-state index in [0.717, 1.165) is 11.3 Å². The van der Waals surface area contributed by atoms with Crippen LogP contribution in [0.2, 0.25) is 0 Å². The first-order valence-electron chi connectivity index (χ1n) is 5.41. The van der Waals surface area contributed by atoms with E-state index in [4.69, 9.17) is 9.84 Å². The van der Waals surface area contributed by atoms with E-state index in [2.05, 4.69) is 6.07 Å². The Balaban J connectivity index is 2.51. The fourth-order valence-corrected chi connectivity index (χ4v) is 1.55. The molecule has 1 aromatic carbocycles. The number of rotatable bonds is 5. The highest BCUT2D eigenvalue weighted by Gasteiger charge is 2.09. The third-order valence-electron chi connectivity index (χ3n) is 2.38. The lowest BCUT2D eigenvalue weighted by Gasteiger charge is -2.13. The van der Waals surface area contributed by atoms with Crippen molar-refractivity contribution in [1.82, 2.24) is 0 Å². The van der Waals surface area contributed by atoms with Crippen LogP contribution in [-0.4, -0.2) is 17.7 Å². The first-order chi connectivity index (χ1) is 7.49. The fourth-order valence-electron chi connectivity index (χ4n) is 1.55. The third-order valence-corrected chi connectivity index (χ3v) is 2.38. The number of benzene rings is 1. The minimum Gasteiger partial charge on any atom is -0.493 e. The lowest BCUT2D eigenvalue weighted by molar-refractivity contribution is -0.138. The molecule has 1 unspecified atom stereocenters. The van der Waals surface area contributed by atoms with Crippen molar-refractivity contribution in [2.45, 2.75) is 27.2 Å². The van der Waals surface area contributed by atoms with Crippen LogP contribution in [0.15, 0.2) is 18.2 Å². The van der Waals surface area contributed by atoms with Crippen molar-refractivity contribution in [3.8, 4) is 5.75 Å². The third kappa shape index (κ3) is 3.93. The number of carboxylic acid groups (broad SMARTS) is 1. The van der Waals surface area contributed by atoms with Crippen molar-refractivity contribution >= 4 is 5.97 Å². The van der Waals surface area contributed by atoms with Gasteiger partial charge in [0.1, 0.15) is 5.75 Å². The van der Waals surface area contributed by atoms with Crippen LogP contribution < -0.4 is 4.74 Å². The van der Waals surface area contributed by atoms with Crippen LogP contribution in [0.5, 0.6) is 5.75 Å². The van der Waals surface area contributed by atoms with Gasteiger partial charge >= 0.3 is 5.97 Å². The molecule has 0 fully saturated rings. The summed E-state index contributed by atoms with van der Waals surface area (Å²) in [5.74, 6) is 0.0813. The number of ether oxygens (including phenoxy) is 1. The fraction of sp³-hybridized carbons (Fsp3) is 0.462. The molecule has 0 amide bonds. The minimum atomic E-state index is -0.781. The van der Waals surface area contributed by atoms with Gasteiger partial charge in [-0.15, -0.1) is 0 Å². The van der Waals surface area contributed by atoms with Gasteiger partial charge in [0.25, 0.3) is 0 Å². The SMILES string of the molecule is Cc1ccc(OCC(C)CC(=O)O)c(C)c1. The number of hydrogen-bond donors (Lipinski definition) is 1. The van der Waals surface area contributed by atoms with E-state index in [1.54, 1.807) is 0 Å². The van der Waals surface area contributed by atoms with Crippen LogP contribution in [0.4, 0.5) is 0 Å². The molecular formula is C13H18O3. The summed E-state index contributed by atoms with van der Waals surface area (Å²) < 4.78 is 5.59. The van der Waals surface area contributed by atoms with Crippen molar-refractivity contribution in [3.05, 3.63) is 29.3 Å². The van der Waals surface area contributed by atoms with E-state index >= 15 is 0 Å². The van der Waals surface area contributed by atoms with Crippen LogP contribution in [-0.2, 0) is 4.79 Å². The molecule has 0 spiro atoms. The topological polar surface area (TPSA) is 46.5 Å². The second-order valence-electron chi connectivity index (χ2n) is 4.28. The van der Waals surface area contributed by atoms with Crippen LogP contribution in [0.3, 0.4) is 0 Å². The average molecular weight is 222 g/mol. The Kier molecular flexibility index (Phi) is 4.35. The maximum atomic E-state index is 10.5. The first-order valence-corrected chi connectivity index (χ1v) is 5.41. The average Bonchev–Trinajstić information content (AvgIpc) is 2.15. The predicted octanol–water partition coefficient (Wildman–Crippen LogP) is 2.79. The summed E-state index contributed by atoms with van der Waals surface area (Å²) in [4.78, 5) is 10.5. The molecule has 3 heteroatoms. The summed E-state index contributed by atoms with van der Waals surface area (Å²) in [6.45, 7) is 6.34. The van der Waals surface area contributed by atoms with Gasteiger partial charge in [-0.1, -0.05) is 24.6 Å². The summed E-state index contributed by atoms with van der Waals surface area (Å²) in [5.41, 5.74) is 2.28. The van der Waals surface area contributed by atoms with Gasteiger partial charge in [0.05, 0.1) is 13.0 Å². The zero-order valence-corrected chi connectivity index (χ0v) is 9.99. The Morgan fingerprint density at radius 2 is 2.12 bits per heavy atom. The standard InChI is InChI=1S/C13H18O3/c1-9-4-5-12(11(3)6-9)16-8-10(2)7-13(14)15/h4-6,10H,7-8H2,1-3H3,(H,14,15). The van der Waals surface area contributed by atoms with Gasteiger partial charge in [-0.25, -0.2) is 0 Å².